The molecular formula is C5H3N4O. The molecule has 2 aromatic rings. The first-order chi connectivity index (χ1) is 4.86. The summed E-state index contributed by atoms with van der Waals surface area (Å²) in [4.78, 5) is 13.5. The molecule has 5 heteroatoms. The average molecular weight is 135 g/mol. The summed E-state index contributed by atoms with van der Waals surface area (Å²) in [6.07, 6.45) is 2.85. The van der Waals surface area contributed by atoms with Gasteiger partial charge in [0.05, 0.1) is 6.20 Å². The van der Waals surface area contributed by atoms with Gasteiger partial charge in [0.1, 0.15) is 11.8 Å². The third-order valence-corrected chi connectivity index (χ3v) is 1.14. The largest absolute Gasteiger partial charge is 0.347 e. The molecule has 0 fully saturated rings. The Morgan fingerprint density at radius 2 is 2.40 bits per heavy atom. The van der Waals surface area contributed by atoms with Crippen LogP contribution in [-0.4, -0.2) is 19.9 Å². The molecule has 0 aliphatic rings. The Labute approximate surface area is 55.8 Å². The molecule has 1 N–H and O–H groups in total. The van der Waals surface area contributed by atoms with Crippen molar-refractivity contribution < 1.29 is 5.11 Å². The Hall–Kier alpha value is -1.65. The average Bonchev–Trinajstić information content (AvgIpc) is 2.27. The summed E-state index contributed by atoms with van der Waals surface area (Å²) < 4.78 is 0. The number of imidazole rings is 1. The van der Waals surface area contributed by atoms with Crippen LogP contribution in [0.1, 0.15) is 0 Å². The molecule has 49 valence electrons. The molecule has 2 heterocycles. The second-order valence-corrected chi connectivity index (χ2v) is 1.80. The zero-order chi connectivity index (χ0) is 6.97. The summed E-state index contributed by atoms with van der Waals surface area (Å²) in [5, 5.41) is 10.6. The molecule has 0 saturated heterocycles. The zero-order valence-corrected chi connectivity index (χ0v) is 4.90. The van der Waals surface area contributed by atoms with Gasteiger partial charge in [-0.2, -0.15) is 4.98 Å². The summed E-state index contributed by atoms with van der Waals surface area (Å²) in [5.41, 5.74) is 0.993. The molecule has 0 aromatic carbocycles. The van der Waals surface area contributed by atoms with Crippen LogP contribution in [0.2, 0.25) is 0 Å². The van der Waals surface area contributed by atoms with Crippen molar-refractivity contribution in [3.8, 4) is 6.01 Å². The van der Waals surface area contributed by atoms with Crippen LogP contribution >= 0.6 is 0 Å². The molecule has 0 aliphatic heterocycles. The third-order valence-electron chi connectivity index (χ3n) is 1.14. The first kappa shape index (κ1) is 5.16. The predicted molar refractivity (Wildman–Crippen MR) is 31.8 cm³/mol. The first-order valence-corrected chi connectivity index (χ1v) is 2.69. The van der Waals surface area contributed by atoms with E-state index in [2.05, 4.69) is 19.9 Å². The minimum atomic E-state index is -0.379. The van der Waals surface area contributed by atoms with Crippen LogP contribution in [0.5, 0.6) is 6.01 Å². The second-order valence-electron chi connectivity index (χ2n) is 1.80. The van der Waals surface area contributed by atoms with E-state index in [0.717, 1.165) is 0 Å². The number of nitrogens with zero attached hydrogens (tertiary/aromatic N) is 3. The molecule has 0 unspecified atom stereocenters. The summed E-state index contributed by atoms with van der Waals surface area (Å²) in [5.74, 6) is 0. The predicted octanol–water partition coefficient (Wildman–Crippen LogP) is 0.497. The number of aromatic nitrogens is 4. The molecule has 0 saturated carbocycles. The van der Waals surface area contributed by atoms with Crippen molar-refractivity contribution in [3.63, 3.8) is 0 Å². The maximum atomic E-state index is 10.6. The highest BCUT2D eigenvalue weighted by atomic mass is 16.3. The van der Waals surface area contributed by atoms with Crippen molar-refractivity contribution >= 4 is 11.2 Å². The maximum Gasteiger partial charge on any atom is 0.347 e. The van der Waals surface area contributed by atoms with E-state index in [9.17, 15) is 5.11 Å². The minimum Gasteiger partial charge on any atom is -0.288 e. The number of hydrogen-bond acceptors (Lipinski definition) is 3. The van der Waals surface area contributed by atoms with Crippen LogP contribution in [0.25, 0.3) is 11.2 Å². The van der Waals surface area contributed by atoms with Gasteiger partial charge < -0.3 is 0 Å². The quantitative estimate of drug-likeness (QED) is 0.571. The standard InChI is InChI=1S/C5H3N4O/c10-5-8-3-1-6-2-7-4(3)9-5/h1-2H,(H,6,7,8,9). The summed E-state index contributed by atoms with van der Waals surface area (Å²) in [6, 6.07) is -0.379. The van der Waals surface area contributed by atoms with Gasteiger partial charge in [0.15, 0.2) is 5.65 Å². The van der Waals surface area contributed by atoms with Gasteiger partial charge in [0, 0.05) is 0 Å². The zero-order valence-electron chi connectivity index (χ0n) is 4.90. The van der Waals surface area contributed by atoms with Crippen molar-refractivity contribution in [1.82, 2.24) is 19.9 Å². The second kappa shape index (κ2) is 1.66. The number of fused-ring (bicyclic) bond motifs is 1. The van der Waals surface area contributed by atoms with Gasteiger partial charge in [-0.15, -0.1) is 0 Å². The van der Waals surface area contributed by atoms with Crippen LogP contribution < -0.4 is 0 Å². The number of nitrogens with one attached hydrogen (secondary N) is 1. The minimum absolute atomic E-state index is 0.379. The summed E-state index contributed by atoms with van der Waals surface area (Å²) in [7, 11) is 0. The monoisotopic (exact) mass is 135 g/mol. The molecule has 1 radical (unpaired) electrons. The molecule has 5 nitrogen and oxygen atoms in total. The van der Waals surface area contributed by atoms with Crippen molar-refractivity contribution in [2.45, 2.75) is 0 Å². The van der Waals surface area contributed by atoms with Gasteiger partial charge in [0.2, 0.25) is 0 Å². The van der Waals surface area contributed by atoms with Gasteiger partial charge in [0.25, 0.3) is 0 Å². The molecule has 0 atom stereocenters. The fraction of sp³-hybridized carbons (Fsp3) is 0. The Bertz CT molecular complexity index is 322. The van der Waals surface area contributed by atoms with E-state index in [0.29, 0.717) is 11.2 Å². The molecule has 0 bridgehead atoms. The van der Waals surface area contributed by atoms with Crippen molar-refractivity contribution in [1.29, 1.82) is 0 Å². The number of rotatable bonds is 0. The highest BCUT2D eigenvalue weighted by Gasteiger charge is 2.00. The highest BCUT2D eigenvalue weighted by Crippen LogP contribution is 2.09. The number of H-pyrrole nitrogens is 1. The molecule has 0 aliphatic carbocycles. The third kappa shape index (κ3) is 0.604. The lowest BCUT2D eigenvalue weighted by Gasteiger charge is -1.79. The number of aromatic amines is 1. The summed E-state index contributed by atoms with van der Waals surface area (Å²) >= 11 is 0. The van der Waals surface area contributed by atoms with E-state index >= 15 is 0 Å². The lowest BCUT2D eigenvalue weighted by molar-refractivity contribution is 0.325. The van der Waals surface area contributed by atoms with Crippen LogP contribution in [0, 0.1) is 0 Å². The van der Waals surface area contributed by atoms with Crippen LogP contribution in [0.3, 0.4) is 0 Å². The molecule has 10 heavy (non-hydrogen) atoms. The maximum absolute atomic E-state index is 10.6. The lowest BCUT2D eigenvalue weighted by Crippen LogP contribution is -1.76. The van der Waals surface area contributed by atoms with E-state index in [1.165, 1.54) is 12.5 Å². The number of hydrogen-bond donors (Lipinski definition) is 1. The highest BCUT2D eigenvalue weighted by molar-refractivity contribution is 5.69. The van der Waals surface area contributed by atoms with Crippen LogP contribution in [-0.2, 0) is 5.11 Å². The van der Waals surface area contributed by atoms with Gasteiger partial charge in [-0.25, -0.2) is 15.1 Å². The summed E-state index contributed by atoms with van der Waals surface area (Å²) in [6.45, 7) is 0. The van der Waals surface area contributed by atoms with E-state index in [4.69, 9.17) is 0 Å². The SMILES string of the molecule is [O]c1nc2cncnc2[nH]1. The van der Waals surface area contributed by atoms with Gasteiger partial charge in [-0.1, -0.05) is 0 Å². The fourth-order valence-electron chi connectivity index (χ4n) is 0.739. The molecule has 2 aromatic heterocycles. The Morgan fingerprint density at radius 3 is 3.20 bits per heavy atom. The van der Waals surface area contributed by atoms with Gasteiger partial charge in [-0.3, -0.25) is 4.98 Å². The molecule has 0 amide bonds. The van der Waals surface area contributed by atoms with Crippen molar-refractivity contribution in [2.24, 2.45) is 0 Å². The lowest BCUT2D eigenvalue weighted by atomic mass is 10.6. The van der Waals surface area contributed by atoms with Crippen LogP contribution in [0.15, 0.2) is 12.5 Å². The van der Waals surface area contributed by atoms with Gasteiger partial charge >= 0.3 is 6.01 Å². The van der Waals surface area contributed by atoms with E-state index in [-0.39, 0.29) is 6.01 Å². The normalized spacial score (nSPS) is 10.4. The Kier molecular flexibility index (Phi) is 0.858. The molecular weight excluding hydrogens is 132 g/mol. The molecule has 2 rings (SSSR count). The molecule has 0 spiro atoms. The first-order valence-electron chi connectivity index (χ1n) is 2.69. The Balaban J connectivity index is 2.88. The van der Waals surface area contributed by atoms with Crippen molar-refractivity contribution in [3.05, 3.63) is 12.5 Å². The Morgan fingerprint density at radius 1 is 1.50 bits per heavy atom. The van der Waals surface area contributed by atoms with E-state index < -0.39 is 0 Å². The topological polar surface area (TPSA) is 74.4 Å². The van der Waals surface area contributed by atoms with Crippen molar-refractivity contribution in [2.75, 3.05) is 0 Å². The van der Waals surface area contributed by atoms with Gasteiger partial charge in [-0.05, 0) is 0 Å². The fourth-order valence-corrected chi connectivity index (χ4v) is 0.739. The van der Waals surface area contributed by atoms with E-state index in [1.807, 2.05) is 0 Å². The smallest absolute Gasteiger partial charge is 0.288 e. The van der Waals surface area contributed by atoms with Crippen LogP contribution in [0.4, 0.5) is 0 Å². The van der Waals surface area contributed by atoms with E-state index in [1.54, 1.807) is 0 Å².